The fraction of sp³-hybridized carbons (Fsp3) is 0.533. The zero-order valence-electron chi connectivity index (χ0n) is 11.4. The minimum atomic E-state index is -0.985. The summed E-state index contributed by atoms with van der Waals surface area (Å²) in [6, 6.07) is 4.64. The summed E-state index contributed by atoms with van der Waals surface area (Å²) < 4.78 is 12.4. The van der Waals surface area contributed by atoms with Gasteiger partial charge in [0.25, 0.3) is 0 Å². The molecular weight excluding hydrogens is 300 g/mol. The highest BCUT2D eigenvalue weighted by atomic mass is 35.5. The molecule has 0 aromatic heterocycles. The van der Waals surface area contributed by atoms with Gasteiger partial charge in [-0.25, -0.2) is 4.39 Å². The summed E-state index contributed by atoms with van der Waals surface area (Å²) >= 11 is 12.2. The third-order valence-electron chi connectivity index (χ3n) is 4.52. The molecule has 0 N–H and O–H groups in total. The molecule has 1 fully saturated rings. The van der Waals surface area contributed by atoms with Crippen LogP contribution in [0.2, 0.25) is 0 Å². The van der Waals surface area contributed by atoms with E-state index in [9.17, 15) is 9.18 Å². The van der Waals surface area contributed by atoms with Crippen LogP contribution < -0.4 is 4.90 Å². The number of alkyl halides is 2. The molecule has 2 nitrogen and oxygen atoms in total. The second-order valence-corrected chi connectivity index (χ2v) is 7.53. The lowest BCUT2D eigenvalue weighted by atomic mass is 9.94. The van der Waals surface area contributed by atoms with Gasteiger partial charge in [-0.2, -0.15) is 0 Å². The highest BCUT2D eigenvalue weighted by Gasteiger charge is 2.69. The highest BCUT2D eigenvalue weighted by molar-refractivity contribution is 6.53. The van der Waals surface area contributed by atoms with Crippen molar-refractivity contribution in [2.24, 2.45) is 5.41 Å². The first-order chi connectivity index (χ1) is 9.26. The molecule has 20 heavy (non-hydrogen) atoms. The van der Waals surface area contributed by atoms with Gasteiger partial charge in [-0.3, -0.25) is 4.79 Å². The first-order valence-corrected chi connectivity index (χ1v) is 7.52. The molecule has 1 aliphatic carbocycles. The molecule has 1 aromatic carbocycles. The van der Waals surface area contributed by atoms with Gasteiger partial charge in [-0.15, -0.1) is 23.2 Å². The molecule has 0 bridgehead atoms. The molecule has 0 spiro atoms. The van der Waals surface area contributed by atoms with Crippen molar-refractivity contribution in [3.05, 3.63) is 29.6 Å². The average molecular weight is 316 g/mol. The van der Waals surface area contributed by atoms with Crippen LogP contribution in [0.25, 0.3) is 0 Å². The molecule has 2 atom stereocenters. The van der Waals surface area contributed by atoms with Gasteiger partial charge in [-0.05, 0) is 56.9 Å². The largest absolute Gasteiger partial charge is 0.309 e. The Morgan fingerprint density at radius 1 is 1.45 bits per heavy atom. The van der Waals surface area contributed by atoms with E-state index in [-0.39, 0.29) is 17.8 Å². The maximum Gasteiger partial charge on any atom is 0.236 e. The monoisotopic (exact) mass is 315 g/mol. The predicted octanol–water partition coefficient (Wildman–Crippen LogP) is 4.08. The summed E-state index contributed by atoms with van der Waals surface area (Å²) in [5.74, 6) is -0.338. The first-order valence-electron chi connectivity index (χ1n) is 6.76. The summed E-state index contributed by atoms with van der Waals surface area (Å²) in [5.41, 5.74) is 0.913. The third kappa shape index (κ3) is 1.94. The Hall–Kier alpha value is -0.800. The standard InChI is InChI=1S/C15H16Cl2FNO/c1-9-3-4-10-7-11(18)5-6-12(10)19(9)13(20)14(2)8-15(14,16)17/h5-7,9H,3-4,8H2,1-2H3/t9-,14+/m1/s1. The van der Waals surface area contributed by atoms with Gasteiger partial charge in [0.1, 0.15) is 10.2 Å². The number of fused-ring (bicyclic) bond motifs is 1. The van der Waals surface area contributed by atoms with E-state index in [1.807, 2.05) is 6.92 Å². The van der Waals surface area contributed by atoms with Crippen molar-refractivity contribution in [2.75, 3.05) is 4.90 Å². The minimum absolute atomic E-state index is 0.0671. The van der Waals surface area contributed by atoms with Gasteiger partial charge in [0.05, 0.1) is 5.41 Å². The number of nitrogens with zero attached hydrogens (tertiary/aromatic N) is 1. The zero-order valence-corrected chi connectivity index (χ0v) is 12.9. The van der Waals surface area contributed by atoms with Crippen molar-refractivity contribution in [3.63, 3.8) is 0 Å². The Labute approximate surface area is 127 Å². The number of halogens is 3. The smallest absolute Gasteiger partial charge is 0.236 e. The fourth-order valence-electron chi connectivity index (χ4n) is 2.93. The van der Waals surface area contributed by atoms with Crippen molar-refractivity contribution in [1.29, 1.82) is 0 Å². The van der Waals surface area contributed by atoms with Gasteiger partial charge < -0.3 is 4.90 Å². The minimum Gasteiger partial charge on any atom is -0.309 e. The Morgan fingerprint density at radius 3 is 2.70 bits per heavy atom. The molecule has 0 unspecified atom stereocenters. The molecule has 1 saturated carbocycles. The molecule has 1 heterocycles. The molecular formula is C15H16Cl2FNO. The van der Waals surface area contributed by atoms with Crippen LogP contribution >= 0.6 is 23.2 Å². The molecule has 0 radical (unpaired) electrons. The Kier molecular flexibility index (Phi) is 3.07. The number of carbonyl (C=O) groups excluding carboxylic acids is 1. The van der Waals surface area contributed by atoms with E-state index in [2.05, 4.69) is 0 Å². The summed E-state index contributed by atoms with van der Waals surface area (Å²) in [7, 11) is 0. The summed E-state index contributed by atoms with van der Waals surface area (Å²) in [6.07, 6.45) is 2.05. The van der Waals surface area contributed by atoms with Crippen molar-refractivity contribution >= 4 is 34.8 Å². The van der Waals surface area contributed by atoms with Crippen molar-refractivity contribution in [3.8, 4) is 0 Å². The van der Waals surface area contributed by atoms with Gasteiger partial charge in [0.15, 0.2) is 0 Å². The van der Waals surface area contributed by atoms with E-state index in [4.69, 9.17) is 23.2 Å². The molecule has 108 valence electrons. The number of carbonyl (C=O) groups is 1. The molecule has 1 aromatic rings. The lowest BCUT2D eigenvalue weighted by Gasteiger charge is -2.37. The Morgan fingerprint density at radius 2 is 2.10 bits per heavy atom. The highest BCUT2D eigenvalue weighted by Crippen LogP contribution is 2.65. The summed E-state index contributed by atoms with van der Waals surface area (Å²) in [5, 5.41) is 0. The molecule has 3 rings (SSSR count). The number of hydrogen-bond acceptors (Lipinski definition) is 1. The summed E-state index contributed by atoms with van der Waals surface area (Å²) in [4.78, 5) is 14.6. The van der Waals surface area contributed by atoms with E-state index in [1.54, 1.807) is 17.9 Å². The predicted molar refractivity (Wildman–Crippen MR) is 78.8 cm³/mol. The second-order valence-electron chi connectivity index (χ2n) is 6.05. The normalized spacial score (nSPS) is 30.9. The number of aryl methyl sites for hydroxylation is 1. The lowest BCUT2D eigenvalue weighted by molar-refractivity contribution is -0.123. The third-order valence-corrected chi connectivity index (χ3v) is 5.62. The summed E-state index contributed by atoms with van der Waals surface area (Å²) in [6.45, 7) is 3.79. The number of rotatable bonds is 1. The van der Waals surface area contributed by atoms with Gasteiger partial charge in [0, 0.05) is 11.7 Å². The van der Waals surface area contributed by atoms with E-state index in [0.29, 0.717) is 6.42 Å². The topological polar surface area (TPSA) is 20.3 Å². The quantitative estimate of drug-likeness (QED) is 0.715. The maximum absolute atomic E-state index is 13.3. The van der Waals surface area contributed by atoms with Crippen LogP contribution in [0.3, 0.4) is 0 Å². The van der Waals surface area contributed by atoms with E-state index in [0.717, 1.165) is 24.1 Å². The second kappa shape index (κ2) is 4.35. The fourth-order valence-corrected chi connectivity index (χ4v) is 3.62. The van der Waals surface area contributed by atoms with Crippen molar-refractivity contribution < 1.29 is 9.18 Å². The number of amides is 1. The number of benzene rings is 1. The Bertz CT molecular complexity index is 589. The van der Waals surface area contributed by atoms with Crippen LogP contribution in [-0.4, -0.2) is 16.3 Å². The zero-order chi connectivity index (χ0) is 14.7. The molecule has 1 aliphatic heterocycles. The number of hydrogen-bond donors (Lipinski definition) is 0. The van der Waals surface area contributed by atoms with Gasteiger partial charge in [-0.1, -0.05) is 0 Å². The molecule has 0 saturated heterocycles. The first kappa shape index (κ1) is 14.2. The van der Waals surface area contributed by atoms with Gasteiger partial charge >= 0.3 is 0 Å². The van der Waals surface area contributed by atoms with Crippen molar-refractivity contribution in [1.82, 2.24) is 0 Å². The van der Waals surface area contributed by atoms with Crippen LogP contribution in [0, 0.1) is 11.2 Å². The average Bonchev–Trinajstić information content (AvgIpc) is 2.89. The van der Waals surface area contributed by atoms with Crippen LogP contribution in [0.5, 0.6) is 0 Å². The molecule has 2 aliphatic rings. The van der Waals surface area contributed by atoms with Crippen LogP contribution in [0.15, 0.2) is 18.2 Å². The van der Waals surface area contributed by atoms with Crippen LogP contribution in [0.1, 0.15) is 32.3 Å². The Balaban J connectivity index is 2.00. The van der Waals surface area contributed by atoms with E-state index < -0.39 is 9.75 Å². The lowest BCUT2D eigenvalue weighted by Crippen LogP contribution is -2.46. The van der Waals surface area contributed by atoms with E-state index in [1.165, 1.54) is 12.1 Å². The van der Waals surface area contributed by atoms with Crippen molar-refractivity contribution in [2.45, 2.75) is 43.5 Å². The van der Waals surface area contributed by atoms with Gasteiger partial charge in [0.2, 0.25) is 5.91 Å². The maximum atomic E-state index is 13.3. The van der Waals surface area contributed by atoms with E-state index >= 15 is 0 Å². The molecule has 1 amide bonds. The number of anilines is 1. The van der Waals surface area contributed by atoms with Crippen LogP contribution in [0.4, 0.5) is 10.1 Å². The molecule has 5 heteroatoms. The van der Waals surface area contributed by atoms with Crippen LogP contribution in [-0.2, 0) is 11.2 Å². The SMILES string of the molecule is C[C@@H]1CCc2cc(F)ccc2N1C(=O)[C@]1(C)CC1(Cl)Cl.